The van der Waals surface area contributed by atoms with Gasteiger partial charge in [-0.3, -0.25) is 9.59 Å². The highest BCUT2D eigenvalue weighted by molar-refractivity contribution is 5.94. The van der Waals surface area contributed by atoms with E-state index in [4.69, 9.17) is 9.47 Å². The zero-order valence-corrected chi connectivity index (χ0v) is 17.5. The maximum Gasteiger partial charge on any atom is 0.251 e. The van der Waals surface area contributed by atoms with Crippen LogP contribution in [-0.4, -0.2) is 43.0 Å². The molecule has 1 N–H and O–H groups in total. The van der Waals surface area contributed by atoms with Crippen LogP contribution in [-0.2, 0) is 17.8 Å². The smallest absolute Gasteiger partial charge is 0.251 e. The molecule has 0 heterocycles. The molecule has 0 saturated heterocycles. The van der Waals surface area contributed by atoms with Crippen molar-refractivity contribution in [1.29, 1.82) is 0 Å². The van der Waals surface area contributed by atoms with Crippen molar-refractivity contribution >= 4 is 11.8 Å². The largest absolute Gasteiger partial charge is 0.497 e. The first-order chi connectivity index (χ1) is 14.6. The molecule has 30 heavy (non-hydrogen) atoms. The van der Waals surface area contributed by atoms with E-state index >= 15 is 0 Å². The van der Waals surface area contributed by atoms with Crippen LogP contribution in [0.4, 0.5) is 0 Å². The Balaban J connectivity index is 1.44. The van der Waals surface area contributed by atoms with Gasteiger partial charge in [-0.15, -0.1) is 0 Å². The van der Waals surface area contributed by atoms with E-state index in [1.54, 1.807) is 14.2 Å². The number of nitrogens with zero attached hydrogens (tertiary/aromatic N) is 1. The van der Waals surface area contributed by atoms with Crippen LogP contribution in [0.5, 0.6) is 11.5 Å². The van der Waals surface area contributed by atoms with Crippen molar-refractivity contribution in [2.75, 3.05) is 14.2 Å². The standard InChI is InChI=1S/C24H28N2O4/c1-29-21-11-12-22(30-2)18(13-21)14-23(27)26(20-9-10-20)15-16-3-5-17(6-4-16)24(28)25-19-7-8-19/h3-6,11-13,19-20H,7-10,14-15H2,1-2H3,(H,25,28). The van der Waals surface area contributed by atoms with Crippen molar-refractivity contribution in [3.63, 3.8) is 0 Å². The Hall–Kier alpha value is -3.02. The zero-order valence-electron chi connectivity index (χ0n) is 17.5. The highest BCUT2D eigenvalue weighted by Crippen LogP contribution is 2.31. The second-order valence-corrected chi connectivity index (χ2v) is 8.05. The molecule has 2 aliphatic rings. The molecule has 2 saturated carbocycles. The van der Waals surface area contributed by atoms with Gasteiger partial charge < -0.3 is 19.7 Å². The summed E-state index contributed by atoms with van der Waals surface area (Å²) < 4.78 is 10.7. The fourth-order valence-corrected chi connectivity index (χ4v) is 3.55. The van der Waals surface area contributed by atoms with Crippen molar-refractivity contribution in [2.45, 2.75) is 50.7 Å². The summed E-state index contributed by atoms with van der Waals surface area (Å²) in [5.41, 5.74) is 2.51. The predicted molar refractivity (Wildman–Crippen MR) is 114 cm³/mol. The van der Waals surface area contributed by atoms with Crippen molar-refractivity contribution in [1.82, 2.24) is 10.2 Å². The van der Waals surface area contributed by atoms with E-state index < -0.39 is 0 Å². The van der Waals surface area contributed by atoms with Crippen LogP contribution in [0.3, 0.4) is 0 Å². The number of amides is 2. The second-order valence-electron chi connectivity index (χ2n) is 8.05. The van der Waals surface area contributed by atoms with Crippen molar-refractivity contribution in [3.05, 3.63) is 59.2 Å². The Kier molecular flexibility index (Phi) is 5.93. The maximum atomic E-state index is 13.1. The van der Waals surface area contributed by atoms with E-state index in [0.29, 0.717) is 29.6 Å². The number of nitrogens with one attached hydrogen (secondary N) is 1. The first kappa shape index (κ1) is 20.3. The van der Waals surface area contributed by atoms with Crippen LogP contribution < -0.4 is 14.8 Å². The van der Waals surface area contributed by atoms with Crippen LogP contribution in [0.1, 0.15) is 47.2 Å². The van der Waals surface area contributed by atoms with Crippen LogP contribution in [0.2, 0.25) is 0 Å². The molecule has 2 aliphatic carbocycles. The minimum atomic E-state index is -0.0238. The lowest BCUT2D eigenvalue weighted by atomic mass is 10.1. The molecule has 0 spiro atoms. The molecule has 0 atom stereocenters. The van der Waals surface area contributed by atoms with Gasteiger partial charge in [0.25, 0.3) is 5.91 Å². The van der Waals surface area contributed by atoms with Crippen LogP contribution in [0.25, 0.3) is 0 Å². The van der Waals surface area contributed by atoms with Gasteiger partial charge >= 0.3 is 0 Å². The third-order valence-electron chi connectivity index (χ3n) is 5.62. The van der Waals surface area contributed by atoms with E-state index in [1.165, 1.54) is 0 Å². The summed E-state index contributed by atoms with van der Waals surface area (Å²) in [6.07, 6.45) is 4.46. The van der Waals surface area contributed by atoms with Gasteiger partial charge in [-0.25, -0.2) is 0 Å². The Morgan fingerprint density at radius 2 is 1.73 bits per heavy atom. The molecule has 158 valence electrons. The molecule has 4 rings (SSSR count). The molecular weight excluding hydrogens is 380 g/mol. The van der Waals surface area contributed by atoms with Crippen LogP contribution in [0, 0.1) is 0 Å². The molecule has 0 bridgehead atoms. The number of methoxy groups -OCH3 is 2. The molecule has 0 aliphatic heterocycles. The van der Waals surface area contributed by atoms with Crippen molar-refractivity contribution < 1.29 is 19.1 Å². The highest BCUT2D eigenvalue weighted by atomic mass is 16.5. The Morgan fingerprint density at radius 1 is 1.00 bits per heavy atom. The van der Waals surface area contributed by atoms with Crippen molar-refractivity contribution in [2.24, 2.45) is 0 Å². The lowest BCUT2D eigenvalue weighted by Crippen LogP contribution is -2.34. The van der Waals surface area contributed by atoms with Gasteiger partial charge in [0.1, 0.15) is 11.5 Å². The molecule has 2 amide bonds. The fourth-order valence-electron chi connectivity index (χ4n) is 3.55. The van der Waals surface area contributed by atoms with Gasteiger partial charge in [0.05, 0.1) is 20.6 Å². The Labute approximate surface area is 177 Å². The molecule has 0 aromatic heterocycles. The number of benzene rings is 2. The summed E-state index contributed by atoms with van der Waals surface area (Å²) in [7, 11) is 3.22. The third-order valence-corrected chi connectivity index (χ3v) is 5.62. The van der Waals surface area contributed by atoms with Gasteiger partial charge in [0.2, 0.25) is 5.91 Å². The summed E-state index contributed by atoms with van der Waals surface area (Å²) in [4.78, 5) is 27.3. The van der Waals surface area contributed by atoms with Gasteiger partial charge in [-0.2, -0.15) is 0 Å². The predicted octanol–water partition coefficient (Wildman–Crippen LogP) is 3.33. The second kappa shape index (κ2) is 8.78. The quantitative estimate of drug-likeness (QED) is 0.691. The zero-order chi connectivity index (χ0) is 21.1. The number of carbonyl (C=O) groups is 2. The minimum absolute atomic E-state index is 0.0238. The molecule has 6 heteroatoms. The fraction of sp³-hybridized carbons (Fsp3) is 0.417. The summed E-state index contributed by atoms with van der Waals surface area (Å²) >= 11 is 0. The topological polar surface area (TPSA) is 67.9 Å². The van der Waals surface area contributed by atoms with Gasteiger partial charge in [-0.05, 0) is 61.6 Å². The molecule has 0 radical (unpaired) electrons. The van der Waals surface area contributed by atoms with E-state index in [0.717, 1.165) is 36.8 Å². The summed E-state index contributed by atoms with van der Waals surface area (Å²) in [5.74, 6) is 1.44. The maximum absolute atomic E-state index is 13.1. The van der Waals surface area contributed by atoms with Crippen molar-refractivity contribution in [3.8, 4) is 11.5 Å². The molecular formula is C24H28N2O4. The van der Waals surface area contributed by atoms with Gasteiger partial charge in [-0.1, -0.05) is 12.1 Å². The Bertz CT molecular complexity index is 917. The number of carbonyl (C=O) groups excluding carboxylic acids is 2. The molecule has 0 unspecified atom stereocenters. The van der Waals surface area contributed by atoms with Crippen LogP contribution in [0.15, 0.2) is 42.5 Å². The monoisotopic (exact) mass is 408 g/mol. The van der Waals surface area contributed by atoms with Crippen LogP contribution >= 0.6 is 0 Å². The molecule has 2 aromatic rings. The first-order valence-corrected chi connectivity index (χ1v) is 10.5. The molecule has 2 fully saturated rings. The Morgan fingerprint density at radius 3 is 2.33 bits per heavy atom. The average Bonchev–Trinajstić information content (AvgIpc) is 3.67. The number of hydrogen-bond donors (Lipinski definition) is 1. The normalized spacial score (nSPS) is 15.4. The lowest BCUT2D eigenvalue weighted by molar-refractivity contribution is -0.131. The highest BCUT2D eigenvalue weighted by Gasteiger charge is 2.33. The van der Waals surface area contributed by atoms with E-state index in [9.17, 15) is 9.59 Å². The van der Waals surface area contributed by atoms with E-state index in [-0.39, 0.29) is 24.3 Å². The summed E-state index contributed by atoms with van der Waals surface area (Å²) in [6, 6.07) is 13.7. The first-order valence-electron chi connectivity index (χ1n) is 10.5. The summed E-state index contributed by atoms with van der Waals surface area (Å²) in [5, 5.41) is 3.00. The van der Waals surface area contributed by atoms with E-state index in [1.807, 2.05) is 47.4 Å². The SMILES string of the molecule is COc1ccc(OC)c(CC(=O)N(Cc2ccc(C(=O)NC3CC3)cc2)C2CC2)c1. The summed E-state index contributed by atoms with van der Waals surface area (Å²) in [6.45, 7) is 0.542. The number of hydrogen-bond acceptors (Lipinski definition) is 4. The average molecular weight is 408 g/mol. The number of rotatable bonds is 9. The number of ether oxygens (including phenoxy) is 2. The van der Waals surface area contributed by atoms with Gasteiger partial charge in [0.15, 0.2) is 0 Å². The third kappa shape index (κ3) is 4.93. The molecule has 2 aromatic carbocycles. The minimum Gasteiger partial charge on any atom is -0.497 e. The van der Waals surface area contributed by atoms with Gasteiger partial charge in [0, 0.05) is 29.8 Å². The van der Waals surface area contributed by atoms with E-state index in [2.05, 4.69) is 5.32 Å². The molecule has 6 nitrogen and oxygen atoms in total. The lowest BCUT2D eigenvalue weighted by Gasteiger charge is -2.23.